The number of hydrogen-bond donors (Lipinski definition) is 2. The summed E-state index contributed by atoms with van der Waals surface area (Å²) in [5, 5.41) is 6.78. The van der Waals surface area contributed by atoms with E-state index in [4.69, 9.17) is 14.2 Å². The van der Waals surface area contributed by atoms with E-state index in [2.05, 4.69) is 15.8 Å². The number of hydrazone groups is 1. The molecule has 0 radical (unpaired) electrons. The number of aryl methyl sites for hydroxylation is 1. The van der Waals surface area contributed by atoms with Crippen molar-refractivity contribution in [3.8, 4) is 17.2 Å². The molecule has 1 aliphatic rings. The second-order valence-electron chi connectivity index (χ2n) is 8.60. The van der Waals surface area contributed by atoms with Gasteiger partial charge < -0.3 is 19.5 Å². The van der Waals surface area contributed by atoms with E-state index in [1.807, 2.05) is 13.0 Å². The van der Waals surface area contributed by atoms with Crippen LogP contribution < -0.4 is 25.0 Å². The summed E-state index contributed by atoms with van der Waals surface area (Å²) < 4.78 is 16.1. The zero-order valence-corrected chi connectivity index (χ0v) is 20.8. The van der Waals surface area contributed by atoms with E-state index in [1.54, 1.807) is 78.9 Å². The number of nitrogens with one attached hydrogen (secondary N) is 2. The number of fused-ring (bicyclic) bond motifs is 1. The van der Waals surface area contributed by atoms with Crippen LogP contribution in [0.5, 0.6) is 17.2 Å². The summed E-state index contributed by atoms with van der Waals surface area (Å²) in [5.41, 5.74) is 5.44. The van der Waals surface area contributed by atoms with Gasteiger partial charge in [0.15, 0.2) is 11.5 Å². The highest BCUT2D eigenvalue weighted by atomic mass is 16.7. The normalized spacial score (nSPS) is 11.7. The molecule has 39 heavy (non-hydrogen) atoms. The van der Waals surface area contributed by atoms with Crippen molar-refractivity contribution in [3.05, 3.63) is 119 Å². The van der Waals surface area contributed by atoms with Crippen molar-refractivity contribution in [2.24, 2.45) is 5.10 Å². The van der Waals surface area contributed by atoms with Crippen molar-refractivity contribution >= 4 is 29.7 Å². The number of para-hydroxylation sites is 1. The molecule has 5 rings (SSSR count). The zero-order valence-electron chi connectivity index (χ0n) is 20.8. The van der Waals surface area contributed by atoms with Crippen molar-refractivity contribution in [2.75, 3.05) is 12.1 Å². The van der Waals surface area contributed by atoms with Gasteiger partial charge in [-0.05, 0) is 67.6 Å². The summed E-state index contributed by atoms with van der Waals surface area (Å²) in [6.45, 7) is 2.01. The van der Waals surface area contributed by atoms with Crippen LogP contribution in [0.3, 0.4) is 0 Å². The topological polar surface area (TPSA) is 115 Å². The van der Waals surface area contributed by atoms with E-state index < -0.39 is 11.9 Å². The second-order valence-corrected chi connectivity index (χ2v) is 8.60. The van der Waals surface area contributed by atoms with Gasteiger partial charge in [0.2, 0.25) is 6.79 Å². The molecule has 0 saturated carbocycles. The molecular formula is C30H23N3O6. The Bertz CT molecular complexity index is 1600. The monoisotopic (exact) mass is 521 g/mol. The molecule has 0 fully saturated rings. The Morgan fingerprint density at radius 3 is 2.44 bits per heavy atom. The van der Waals surface area contributed by atoms with Crippen LogP contribution in [-0.2, 0) is 0 Å². The van der Waals surface area contributed by atoms with Gasteiger partial charge in [-0.2, -0.15) is 5.10 Å². The Balaban J connectivity index is 1.22. The lowest BCUT2D eigenvalue weighted by molar-refractivity contribution is 0.0733. The molecule has 2 N–H and O–H groups in total. The van der Waals surface area contributed by atoms with E-state index >= 15 is 0 Å². The maximum Gasteiger partial charge on any atom is 0.343 e. The molecule has 9 heteroatoms. The number of carbonyl (C=O) groups excluding carboxylic acids is 3. The first-order valence-corrected chi connectivity index (χ1v) is 12.0. The number of hydrogen-bond acceptors (Lipinski definition) is 7. The Kier molecular flexibility index (Phi) is 7.31. The van der Waals surface area contributed by atoms with Crippen molar-refractivity contribution in [3.63, 3.8) is 0 Å². The first-order valence-electron chi connectivity index (χ1n) is 12.0. The standard InChI is InChI=1S/C30H23N3O6/c1-19-6-4-9-22(14-19)30(36)39-25-11-3-2-7-23(25)17-31-33-29(35)20-8-5-10-24(15-20)32-28(34)21-12-13-26-27(16-21)38-18-37-26/h2-17H,18H2,1H3,(H,32,34)(H,33,35). The Morgan fingerprint density at radius 1 is 0.795 bits per heavy atom. The molecule has 194 valence electrons. The van der Waals surface area contributed by atoms with E-state index in [1.165, 1.54) is 12.3 Å². The van der Waals surface area contributed by atoms with Gasteiger partial charge in [-0.25, -0.2) is 10.2 Å². The minimum atomic E-state index is -0.497. The van der Waals surface area contributed by atoms with Crippen LogP contribution in [-0.4, -0.2) is 30.8 Å². The van der Waals surface area contributed by atoms with Crippen molar-refractivity contribution in [2.45, 2.75) is 6.92 Å². The molecule has 0 aromatic heterocycles. The number of rotatable bonds is 7. The summed E-state index contributed by atoms with van der Waals surface area (Å²) in [6.07, 6.45) is 1.39. The number of ether oxygens (including phenoxy) is 3. The zero-order chi connectivity index (χ0) is 27.2. The average molecular weight is 522 g/mol. The van der Waals surface area contributed by atoms with E-state index in [-0.39, 0.29) is 18.3 Å². The molecular weight excluding hydrogens is 498 g/mol. The van der Waals surface area contributed by atoms with Gasteiger partial charge in [-0.3, -0.25) is 9.59 Å². The summed E-state index contributed by atoms with van der Waals surface area (Å²) in [4.78, 5) is 37.9. The van der Waals surface area contributed by atoms with Crippen LogP contribution in [0, 0.1) is 6.92 Å². The minimum absolute atomic E-state index is 0.115. The Hall–Kier alpha value is -5.44. The highest BCUT2D eigenvalue weighted by Gasteiger charge is 2.17. The van der Waals surface area contributed by atoms with Crippen molar-refractivity contribution < 1.29 is 28.6 Å². The number of amides is 2. The molecule has 0 saturated heterocycles. The lowest BCUT2D eigenvalue weighted by atomic mass is 10.1. The van der Waals surface area contributed by atoms with Crippen LogP contribution in [0.1, 0.15) is 42.2 Å². The highest BCUT2D eigenvalue weighted by molar-refractivity contribution is 6.05. The SMILES string of the molecule is Cc1cccc(C(=O)Oc2ccccc2C=NNC(=O)c2cccc(NC(=O)c3ccc4c(c3)OCO4)c2)c1. The molecule has 4 aromatic carbocycles. The lowest BCUT2D eigenvalue weighted by Gasteiger charge is -2.08. The van der Waals surface area contributed by atoms with E-state index in [0.29, 0.717) is 39.6 Å². The van der Waals surface area contributed by atoms with Gasteiger partial charge in [-0.15, -0.1) is 0 Å². The third kappa shape index (κ3) is 6.11. The number of carbonyl (C=O) groups is 3. The molecule has 4 aromatic rings. The van der Waals surface area contributed by atoms with Crippen LogP contribution in [0.25, 0.3) is 0 Å². The third-order valence-electron chi connectivity index (χ3n) is 5.76. The highest BCUT2D eigenvalue weighted by Crippen LogP contribution is 2.32. The van der Waals surface area contributed by atoms with Gasteiger partial charge in [0, 0.05) is 22.4 Å². The van der Waals surface area contributed by atoms with Crippen molar-refractivity contribution in [1.29, 1.82) is 0 Å². The van der Waals surface area contributed by atoms with Gasteiger partial charge in [0.1, 0.15) is 5.75 Å². The van der Waals surface area contributed by atoms with Crippen LogP contribution in [0.4, 0.5) is 5.69 Å². The van der Waals surface area contributed by atoms with Gasteiger partial charge >= 0.3 is 5.97 Å². The van der Waals surface area contributed by atoms with E-state index in [9.17, 15) is 14.4 Å². The number of anilines is 1. The van der Waals surface area contributed by atoms with Gasteiger partial charge in [0.25, 0.3) is 11.8 Å². The number of nitrogens with zero attached hydrogens (tertiary/aromatic N) is 1. The fraction of sp³-hybridized carbons (Fsp3) is 0.0667. The maximum absolute atomic E-state index is 12.7. The Morgan fingerprint density at radius 2 is 1.56 bits per heavy atom. The van der Waals surface area contributed by atoms with Crippen molar-refractivity contribution in [1.82, 2.24) is 5.43 Å². The second kappa shape index (κ2) is 11.3. The maximum atomic E-state index is 12.7. The largest absolute Gasteiger partial charge is 0.454 e. The minimum Gasteiger partial charge on any atom is -0.454 e. The molecule has 0 spiro atoms. The molecule has 9 nitrogen and oxygen atoms in total. The number of benzene rings is 4. The molecule has 0 aliphatic carbocycles. The van der Waals surface area contributed by atoms with Crippen LogP contribution in [0.15, 0.2) is 96.1 Å². The summed E-state index contributed by atoms with van der Waals surface area (Å²) in [7, 11) is 0. The molecule has 0 atom stereocenters. The fourth-order valence-corrected chi connectivity index (χ4v) is 3.82. The third-order valence-corrected chi connectivity index (χ3v) is 5.76. The average Bonchev–Trinajstić information content (AvgIpc) is 3.42. The molecule has 0 bridgehead atoms. The summed E-state index contributed by atoms with van der Waals surface area (Å²) in [6, 6.07) is 25.3. The fourth-order valence-electron chi connectivity index (χ4n) is 3.82. The first kappa shape index (κ1) is 25.2. The van der Waals surface area contributed by atoms with Crippen LogP contribution in [0.2, 0.25) is 0 Å². The molecule has 2 amide bonds. The predicted octanol–water partition coefficient (Wildman–Crippen LogP) is 4.96. The number of esters is 1. The van der Waals surface area contributed by atoms with Gasteiger partial charge in [0.05, 0.1) is 11.8 Å². The predicted molar refractivity (Wildman–Crippen MR) is 145 cm³/mol. The smallest absolute Gasteiger partial charge is 0.343 e. The molecule has 1 heterocycles. The summed E-state index contributed by atoms with van der Waals surface area (Å²) in [5.74, 6) is 0.0387. The molecule has 0 unspecified atom stereocenters. The van der Waals surface area contributed by atoms with Gasteiger partial charge in [-0.1, -0.05) is 35.9 Å². The first-order chi connectivity index (χ1) is 19.0. The molecule has 1 aliphatic heterocycles. The lowest BCUT2D eigenvalue weighted by Crippen LogP contribution is -2.18. The van der Waals surface area contributed by atoms with E-state index in [0.717, 1.165) is 5.56 Å². The van der Waals surface area contributed by atoms with Crippen LogP contribution >= 0.6 is 0 Å². The quantitative estimate of drug-likeness (QED) is 0.154. The summed E-state index contributed by atoms with van der Waals surface area (Å²) >= 11 is 0. The Labute approximate surface area is 224 Å².